The summed E-state index contributed by atoms with van der Waals surface area (Å²) in [7, 11) is 1.50. The van der Waals surface area contributed by atoms with E-state index in [1.54, 1.807) is 30.7 Å². The van der Waals surface area contributed by atoms with Crippen molar-refractivity contribution in [1.82, 2.24) is 24.1 Å². The Morgan fingerprint density at radius 2 is 2.06 bits per heavy atom. The quantitative estimate of drug-likeness (QED) is 0.251. The summed E-state index contributed by atoms with van der Waals surface area (Å²) in [4.78, 5) is 35.2. The van der Waals surface area contributed by atoms with Gasteiger partial charge in [-0.2, -0.15) is 10.1 Å². The molecule has 4 aromatic rings. The highest BCUT2D eigenvalue weighted by Gasteiger charge is 2.20. The van der Waals surface area contributed by atoms with Gasteiger partial charge in [-0.3, -0.25) is 19.3 Å². The van der Waals surface area contributed by atoms with Crippen LogP contribution in [-0.4, -0.2) is 48.1 Å². The van der Waals surface area contributed by atoms with Crippen molar-refractivity contribution >= 4 is 23.3 Å². The fraction of sp³-hybridized carbons (Fsp3) is 0.261. The Balaban J connectivity index is 1.60. The molecule has 1 atom stereocenters. The molecule has 4 rings (SSSR count). The lowest BCUT2D eigenvalue weighted by molar-refractivity contribution is 0.0938. The third-order valence-corrected chi connectivity index (χ3v) is 5.23. The maximum Gasteiger partial charge on any atom is 0.329 e. The van der Waals surface area contributed by atoms with Crippen LogP contribution in [0.25, 0.3) is 11.2 Å². The van der Waals surface area contributed by atoms with Gasteiger partial charge in [-0.05, 0) is 41.8 Å². The Morgan fingerprint density at radius 1 is 1.26 bits per heavy atom. The van der Waals surface area contributed by atoms with Crippen molar-refractivity contribution in [1.29, 1.82) is 0 Å². The minimum Gasteiger partial charge on any atom is -0.491 e. The highest BCUT2D eigenvalue weighted by Crippen LogP contribution is 2.18. The van der Waals surface area contributed by atoms with Gasteiger partial charge in [0.1, 0.15) is 18.5 Å². The molecular formula is C23H25N7O4. The number of nitrogens with zero attached hydrogens (tertiary/aromatic N) is 5. The minimum atomic E-state index is -0.968. The number of aromatic amines is 1. The van der Waals surface area contributed by atoms with Crippen LogP contribution in [0.4, 0.5) is 5.95 Å². The van der Waals surface area contributed by atoms with E-state index in [1.807, 2.05) is 24.3 Å². The molecule has 0 bridgehead atoms. The molecular weight excluding hydrogens is 438 g/mol. The molecule has 1 aromatic carbocycles. The lowest BCUT2D eigenvalue weighted by Gasteiger charge is -2.15. The molecule has 0 fully saturated rings. The van der Waals surface area contributed by atoms with Gasteiger partial charge in [0, 0.05) is 19.4 Å². The fourth-order valence-electron chi connectivity index (χ4n) is 3.42. The van der Waals surface area contributed by atoms with Gasteiger partial charge in [-0.1, -0.05) is 19.1 Å². The number of fused-ring (bicyclic) bond motifs is 1. The number of anilines is 1. The summed E-state index contributed by atoms with van der Waals surface area (Å²) >= 11 is 0. The fourth-order valence-corrected chi connectivity index (χ4v) is 3.42. The third-order valence-electron chi connectivity index (χ3n) is 5.23. The third kappa shape index (κ3) is 5.04. The van der Waals surface area contributed by atoms with Gasteiger partial charge < -0.3 is 14.4 Å². The lowest BCUT2D eigenvalue weighted by Crippen LogP contribution is -2.30. The van der Waals surface area contributed by atoms with Crippen LogP contribution in [-0.2, 0) is 20.0 Å². The van der Waals surface area contributed by atoms with Crippen LogP contribution >= 0.6 is 0 Å². The van der Waals surface area contributed by atoms with Gasteiger partial charge in [0.2, 0.25) is 5.95 Å². The minimum absolute atomic E-state index is 0.00374. The van der Waals surface area contributed by atoms with Crippen LogP contribution in [0.2, 0.25) is 0 Å². The number of imidazole rings is 1. The summed E-state index contributed by atoms with van der Waals surface area (Å²) in [5.74, 6) is 0.841. The van der Waals surface area contributed by atoms with Gasteiger partial charge in [0.15, 0.2) is 11.2 Å². The number of hydrogen-bond acceptors (Lipinski definition) is 8. The number of pyridine rings is 1. The summed E-state index contributed by atoms with van der Waals surface area (Å²) in [6.07, 6.45) is 4.74. The van der Waals surface area contributed by atoms with Crippen molar-refractivity contribution < 1.29 is 9.84 Å². The second kappa shape index (κ2) is 10.1. The van der Waals surface area contributed by atoms with E-state index in [0.29, 0.717) is 5.75 Å². The summed E-state index contributed by atoms with van der Waals surface area (Å²) < 4.78 is 8.45. The topological polar surface area (TPSA) is 139 Å². The van der Waals surface area contributed by atoms with Crippen LogP contribution in [0.15, 0.2) is 63.5 Å². The largest absolute Gasteiger partial charge is 0.491 e. The van der Waals surface area contributed by atoms with Gasteiger partial charge in [-0.25, -0.2) is 10.2 Å². The Morgan fingerprint density at radius 3 is 2.82 bits per heavy atom. The number of hydrogen-bond donors (Lipinski definition) is 3. The van der Waals surface area contributed by atoms with Crippen molar-refractivity contribution in [3.05, 3.63) is 80.8 Å². The number of nitrogens with one attached hydrogen (secondary N) is 2. The van der Waals surface area contributed by atoms with Gasteiger partial charge in [0.25, 0.3) is 5.56 Å². The zero-order valence-corrected chi connectivity index (χ0v) is 18.8. The maximum atomic E-state index is 12.6. The zero-order chi connectivity index (χ0) is 24.1. The molecule has 0 aliphatic heterocycles. The normalized spacial score (nSPS) is 12.3. The smallest absolute Gasteiger partial charge is 0.329 e. The molecule has 1 unspecified atom stereocenters. The highest BCUT2D eigenvalue weighted by molar-refractivity contribution is 5.80. The molecule has 0 saturated carbocycles. The summed E-state index contributed by atoms with van der Waals surface area (Å²) in [6, 6.07) is 11.2. The average Bonchev–Trinajstić information content (AvgIpc) is 3.20. The molecule has 0 saturated heterocycles. The summed E-state index contributed by atoms with van der Waals surface area (Å²) in [5, 5.41) is 14.9. The molecule has 0 amide bonds. The van der Waals surface area contributed by atoms with Crippen LogP contribution in [0.1, 0.15) is 18.1 Å². The Bertz CT molecular complexity index is 1420. The van der Waals surface area contributed by atoms with E-state index in [1.165, 1.54) is 16.2 Å². The van der Waals surface area contributed by atoms with Crippen molar-refractivity contribution in [2.45, 2.75) is 26.0 Å². The van der Waals surface area contributed by atoms with E-state index in [4.69, 9.17) is 4.74 Å². The Kier molecular flexibility index (Phi) is 6.83. The molecule has 11 heteroatoms. The number of H-pyrrole nitrogens is 1. The number of benzene rings is 1. The Labute approximate surface area is 194 Å². The molecule has 0 spiro atoms. The first-order valence-electron chi connectivity index (χ1n) is 10.7. The number of rotatable bonds is 9. The predicted octanol–water partition coefficient (Wildman–Crippen LogP) is 1.27. The zero-order valence-electron chi connectivity index (χ0n) is 18.8. The number of aliphatic hydroxyl groups excluding tert-OH is 1. The van der Waals surface area contributed by atoms with Crippen molar-refractivity contribution in [2.24, 2.45) is 12.1 Å². The van der Waals surface area contributed by atoms with E-state index in [2.05, 4.69) is 32.4 Å². The molecule has 0 aliphatic rings. The monoisotopic (exact) mass is 463 g/mol. The molecule has 3 aromatic heterocycles. The molecule has 3 heterocycles. The van der Waals surface area contributed by atoms with Crippen molar-refractivity contribution in [2.75, 3.05) is 12.0 Å². The van der Waals surface area contributed by atoms with Gasteiger partial charge in [-0.15, -0.1) is 0 Å². The van der Waals surface area contributed by atoms with Crippen LogP contribution in [0.3, 0.4) is 0 Å². The van der Waals surface area contributed by atoms with Crippen molar-refractivity contribution in [3.63, 3.8) is 0 Å². The second-order valence-corrected chi connectivity index (χ2v) is 7.65. The molecule has 176 valence electrons. The first-order valence-corrected chi connectivity index (χ1v) is 10.7. The SMILES string of the molecule is CCc1cccc(OCC(O)Cn2c(N/N=C/c3ccncc3)nc3c2c(=O)[nH]c(=O)n3C)c1. The number of aromatic nitrogens is 5. The predicted molar refractivity (Wildman–Crippen MR) is 128 cm³/mol. The van der Waals surface area contributed by atoms with E-state index < -0.39 is 17.4 Å². The van der Waals surface area contributed by atoms with E-state index in [0.717, 1.165) is 17.5 Å². The molecule has 34 heavy (non-hydrogen) atoms. The van der Waals surface area contributed by atoms with Gasteiger partial charge in [0.05, 0.1) is 12.8 Å². The first kappa shape index (κ1) is 22.9. The standard InChI is InChI=1S/C23H25N7O4/c1-3-15-5-4-6-18(11-15)34-14-17(31)13-30-19-20(29(2)23(33)27-21(19)32)26-22(30)28-25-12-16-7-9-24-10-8-16/h4-12,17,31H,3,13-14H2,1-2H3,(H,26,28)(H,27,32,33)/b25-12+. The highest BCUT2D eigenvalue weighted by atomic mass is 16.5. The van der Waals surface area contributed by atoms with Crippen LogP contribution < -0.4 is 21.4 Å². The summed E-state index contributed by atoms with van der Waals surface area (Å²) in [6.45, 7) is 2.03. The number of hydrazone groups is 1. The number of aliphatic hydroxyl groups is 1. The molecule has 3 N–H and O–H groups in total. The summed E-state index contributed by atoms with van der Waals surface area (Å²) in [5.41, 5.74) is 3.83. The first-order chi connectivity index (χ1) is 16.5. The molecule has 0 aliphatic carbocycles. The van der Waals surface area contributed by atoms with E-state index in [9.17, 15) is 14.7 Å². The van der Waals surface area contributed by atoms with Crippen LogP contribution in [0.5, 0.6) is 5.75 Å². The lowest BCUT2D eigenvalue weighted by atomic mass is 10.2. The Hall–Kier alpha value is -4.25. The van der Waals surface area contributed by atoms with E-state index in [-0.39, 0.29) is 30.3 Å². The number of ether oxygens (including phenoxy) is 1. The van der Waals surface area contributed by atoms with Gasteiger partial charge >= 0.3 is 5.69 Å². The second-order valence-electron chi connectivity index (χ2n) is 7.65. The molecule has 11 nitrogen and oxygen atoms in total. The van der Waals surface area contributed by atoms with Crippen molar-refractivity contribution in [3.8, 4) is 5.75 Å². The van der Waals surface area contributed by atoms with Crippen LogP contribution in [0, 0.1) is 0 Å². The van der Waals surface area contributed by atoms with E-state index >= 15 is 0 Å². The average molecular weight is 463 g/mol. The maximum absolute atomic E-state index is 12.6. The molecule has 0 radical (unpaired) electrons. The number of aryl methyl sites for hydroxylation is 2.